The fraction of sp³-hybridized carbons (Fsp3) is 0.545. The second-order valence-corrected chi connectivity index (χ2v) is 7.24. The zero-order valence-electron chi connectivity index (χ0n) is 16.7. The molecule has 0 N–H and O–H groups in total. The van der Waals surface area contributed by atoms with Gasteiger partial charge in [0.1, 0.15) is 11.7 Å². The molecule has 0 aliphatic heterocycles. The summed E-state index contributed by atoms with van der Waals surface area (Å²) in [5.41, 5.74) is 0.509. The zero-order valence-corrected chi connectivity index (χ0v) is 16.7. The molecule has 0 spiro atoms. The number of methoxy groups -OCH3 is 1. The number of ether oxygens (including phenoxy) is 4. The molecule has 2 fully saturated rings. The summed E-state index contributed by atoms with van der Waals surface area (Å²) >= 11 is 0. The largest absolute Gasteiger partial charge is 0.493 e. The van der Waals surface area contributed by atoms with E-state index in [1.165, 1.54) is 25.3 Å². The number of hydrogen-bond acceptors (Lipinski definition) is 6. The molecule has 6 heteroatoms. The average Bonchev–Trinajstić information content (AvgIpc) is 3.29. The average molecular weight is 388 g/mol. The number of benzene rings is 1. The van der Waals surface area contributed by atoms with Gasteiger partial charge in [-0.2, -0.15) is 0 Å². The van der Waals surface area contributed by atoms with E-state index in [-0.39, 0.29) is 24.9 Å². The summed E-state index contributed by atoms with van der Waals surface area (Å²) in [4.78, 5) is 24.4. The Hall–Kier alpha value is -2.50. The van der Waals surface area contributed by atoms with Crippen LogP contribution in [0.15, 0.2) is 23.8 Å². The summed E-state index contributed by atoms with van der Waals surface area (Å²) in [7, 11) is 1.60. The van der Waals surface area contributed by atoms with Crippen molar-refractivity contribution in [1.29, 1.82) is 0 Å². The number of fused-ring (bicyclic) bond motifs is 2. The van der Waals surface area contributed by atoms with E-state index in [9.17, 15) is 9.59 Å². The first-order chi connectivity index (χ1) is 13.5. The smallest absolute Gasteiger partial charge is 0.345 e. The van der Waals surface area contributed by atoms with E-state index in [1.54, 1.807) is 39.2 Å². The lowest BCUT2D eigenvalue weighted by atomic mass is 9.97. The maximum Gasteiger partial charge on any atom is 0.345 e. The van der Waals surface area contributed by atoms with Crippen molar-refractivity contribution in [1.82, 2.24) is 0 Å². The van der Waals surface area contributed by atoms with E-state index in [0.29, 0.717) is 23.0 Å². The molecule has 2 saturated carbocycles. The van der Waals surface area contributed by atoms with Gasteiger partial charge in [0.25, 0.3) is 0 Å². The van der Waals surface area contributed by atoms with Crippen LogP contribution in [0, 0.1) is 11.8 Å². The topological polar surface area (TPSA) is 71.1 Å². The molecule has 0 heterocycles. The summed E-state index contributed by atoms with van der Waals surface area (Å²) in [5.74, 6) is 1.22. The SMILES string of the molecule is CCOC(=O)C(=Cc1ccc(OC)c(OC2CC3CCC2C3)c1)C(=O)OCC. The van der Waals surface area contributed by atoms with Gasteiger partial charge in [0.2, 0.25) is 0 Å². The van der Waals surface area contributed by atoms with Gasteiger partial charge in [0, 0.05) is 0 Å². The number of rotatable bonds is 8. The van der Waals surface area contributed by atoms with Crippen LogP contribution in [0.5, 0.6) is 11.5 Å². The molecule has 0 aromatic heterocycles. The van der Waals surface area contributed by atoms with Gasteiger partial charge in [-0.25, -0.2) is 9.59 Å². The van der Waals surface area contributed by atoms with Crippen LogP contribution >= 0.6 is 0 Å². The fourth-order valence-electron chi connectivity index (χ4n) is 4.15. The standard InChI is InChI=1S/C22H28O6/c1-4-26-21(23)17(22(24)27-5-2)11-15-7-9-18(25-3)20(13-15)28-19-12-14-6-8-16(19)10-14/h7,9,11,13-14,16,19H,4-6,8,10,12H2,1-3H3. The van der Waals surface area contributed by atoms with Crippen molar-refractivity contribution in [3.8, 4) is 11.5 Å². The summed E-state index contributed by atoms with van der Waals surface area (Å²) in [5, 5.41) is 0. The molecule has 28 heavy (non-hydrogen) atoms. The molecule has 2 aliphatic carbocycles. The summed E-state index contributed by atoms with van der Waals surface area (Å²) in [6, 6.07) is 5.34. The Labute approximate surface area is 165 Å². The zero-order chi connectivity index (χ0) is 20.1. The van der Waals surface area contributed by atoms with Gasteiger partial charge < -0.3 is 18.9 Å². The number of carbonyl (C=O) groups is 2. The predicted octanol–water partition coefficient (Wildman–Crippen LogP) is 3.77. The molecule has 2 bridgehead atoms. The van der Waals surface area contributed by atoms with Crippen molar-refractivity contribution in [3.63, 3.8) is 0 Å². The van der Waals surface area contributed by atoms with Gasteiger partial charge in [0.15, 0.2) is 11.5 Å². The Bertz CT molecular complexity index is 733. The van der Waals surface area contributed by atoms with E-state index < -0.39 is 11.9 Å². The Morgan fingerprint density at radius 2 is 1.75 bits per heavy atom. The minimum Gasteiger partial charge on any atom is -0.493 e. The molecule has 6 nitrogen and oxygen atoms in total. The fourth-order valence-corrected chi connectivity index (χ4v) is 4.15. The van der Waals surface area contributed by atoms with Crippen molar-refractivity contribution in [2.75, 3.05) is 20.3 Å². The van der Waals surface area contributed by atoms with Gasteiger partial charge in [-0.3, -0.25) is 0 Å². The van der Waals surface area contributed by atoms with Crippen LogP contribution in [-0.2, 0) is 19.1 Å². The van der Waals surface area contributed by atoms with E-state index in [4.69, 9.17) is 18.9 Å². The molecule has 3 atom stereocenters. The van der Waals surface area contributed by atoms with Crippen molar-refractivity contribution in [2.24, 2.45) is 11.8 Å². The van der Waals surface area contributed by atoms with Crippen LogP contribution in [0.3, 0.4) is 0 Å². The van der Waals surface area contributed by atoms with Crippen LogP contribution in [0.25, 0.3) is 6.08 Å². The van der Waals surface area contributed by atoms with Crippen molar-refractivity contribution in [2.45, 2.75) is 45.6 Å². The highest BCUT2D eigenvalue weighted by Crippen LogP contribution is 2.47. The third-order valence-corrected chi connectivity index (χ3v) is 5.44. The minimum absolute atomic E-state index is 0.139. The first-order valence-corrected chi connectivity index (χ1v) is 9.96. The number of esters is 2. The van der Waals surface area contributed by atoms with Crippen LogP contribution < -0.4 is 9.47 Å². The Kier molecular flexibility index (Phi) is 6.60. The van der Waals surface area contributed by atoms with Gasteiger partial charge in [0.05, 0.1) is 20.3 Å². The van der Waals surface area contributed by atoms with E-state index in [1.807, 2.05) is 0 Å². The molecule has 1 aromatic rings. The summed E-state index contributed by atoms with van der Waals surface area (Å²) in [6.07, 6.45) is 6.50. The maximum atomic E-state index is 12.2. The van der Waals surface area contributed by atoms with Crippen LogP contribution in [-0.4, -0.2) is 38.4 Å². The Morgan fingerprint density at radius 3 is 2.29 bits per heavy atom. The van der Waals surface area contributed by atoms with Gasteiger partial charge in [-0.1, -0.05) is 6.07 Å². The van der Waals surface area contributed by atoms with Crippen molar-refractivity contribution in [3.05, 3.63) is 29.3 Å². The molecule has 3 rings (SSSR count). The summed E-state index contributed by atoms with van der Waals surface area (Å²) < 4.78 is 21.7. The first-order valence-electron chi connectivity index (χ1n) is 9.96. The predicted molar refractivity (Wildman–Crippen MR) is 104 cm³/mol. The molecule has 3 unspecified atom stereocenters. The summed E-state index contributed by atoms with van der Waals surface area (Å²) in [6.45, 7) is 3.73. The molecule has 0 radical (unpaired) electrons. The first kappa shape index (κ1) is 20.2. The van der Waals surface area contributed by atoms with Crippen molar-refractivity contribution >= 4 is 18.0 Å². The number of hydrogen-bond donors (Lipinski definition) is 0. The lowest BCUT2D eigenvalue weighted by Gasteiger charge is -2.24. The highest BCUT2D eigenvalue weighted by molar-refractivity contribution is 6.17. The van der Waals surface area contributed by atoms with Crippen LogP contribution in [0.2, 0.25) is 0 Å². The van der Waals surface area contributed by atoms with Gasteiger partial charge in [-0.15, -0.1) is 0 Å². The number of carbonyl (C=O) groups excluding carboxylic acids is 2. The van der Waals surface area contributed by atoms with E-state index in [2.05, 4.69) is 0 Å². The van der Waals surface area contributed by atoms with Crippen molar-refractivity contribution < 1.29 is 28.5 Å². The monoisotopic (exact) mass is 388 g/mol. The molecular formula is C22H28O6. The van der Waals surface area contributed by atoms with Gasteiger partial charge in [-0.05, 0) is 75.1 Å². The van der Waals surface area contributed by atoms with Crippen LogP contribution in [0.1, 0.15) is 45.1 Å². The molecule has 2 aliphatic rings. The van der Waals surface area contributed by atoms with Gasteiger partial charge >= 0.3 is 11.9 Å². The molecule has 1 aromatic carbocycles. The van der Waals surface area contributed by atoms with E-state index in [0.717, 1.165) is 12.3 Å². The third-order valence-electron chi connectivity index (χ3n) is 5.44. The Balaban J connectivity index is 1.86. The molecule has 152 valence electrons. The third kappa shape index (κ3) is 4.49. The maximum absolute atomic E-state index is 12.2. The highest BCUT2D eigenvalue weighted by Gasteiger charge is 2.41. The normalized spacial score (nSPS) is 22.5. The lowest BCUT2D eigenvalue weighted by Crippen LogP contribution is -2.23. The molecule has 0 saturated heterocycles. The molecular weight excluding hydrogens is 360 g/mol. The minimum atomic E-state index is -0.702. The quantitative estimate of drug-likeness (QED) is 0.292. The molecule has 0 amide bonds. The Morgan fingerprint density at radius 1 is 1.04 bits per heavy atom. The van der Waals surface area contributed by atoms with E-state index >= 15 is 0 Å². The second kappa shape index (κ2) is 9.13. The van der Waals surface area contributed by atoms with Crippen LogP contribution in [0.4, 0.5) is 0 Å². The lowest BCUT2D eigenvalue weighted by molar-refractivity contribution is -0.146. The second-order valence-electron chi connectivity index (χ2n) is 7.24. The highest BCUT2D eigenvalue weighted by atomic mass is 16.6.